The first kappa shape index (κ1) is 19.7. The summed E-state index contributed by atoms with van der Waals surface area (Å²) >= 11 is 1.40. The molecule has 1 aromatic heterocycles. The number of fused-ring (bicyclic) bond motifs is 2. The van der Waals surface area contributed by atoms with Crippen molar-refractivity contribution in [3.05, 3.63) is 84.2 Å². The number of aromatic nitrogens is 2. The van der Waals surface area contributed by atoms with Gasteiger partial charge < -0.3 is 4.90 Å². The summed E-state index contributed by atoms with van der Waals surface area (Å²) < 4.78 is 13.3. The Hall–Kier alpha value is -3.25. The number of thioether (sulfide) groups is 1. The predicted molar refractivity (Wildman–Crippen MR) is 123 cm³/mol. The Bertz CT molecular complexity index is 1280. The highest BCUT2D eigenvalue weighted by Crippen LogP contribution is 2.35. The van der Waals surface area contributed by atoms with E-state index in [4.69, 9.17) is 0 Å². The zero-order chi connectivity index (χ0) is 21.4. The number of carbonyl (C=O) groups is 1. The van der Waals surface area contributed by atoms with Gasteiger partial charge in [0.2, 0.25) is 5.91 Å². The minimum absolute atomic E-state index is 0.0657. The maximum absolute atomic E-state index is 13.3. The average molecular weight is 430 g/mol. The molecule has 0 fully saturated rings. The van der Waals surface area contributed by atoms with Gasteiger partial charge in [0.1, 0.15) is 16.5 Å². The molecule has 0 saturated heterocycles. The standard InChI is InChI=1S/C25H20FN3OS/c1-16-14-18-6-2-5-9-22(18)29(16)23(30)15-31-25-21-8-4-3-7-20(21)24(27-28-25)17-10-12-19(26)13-11-17/h2-13,16H,14-15H2,1H3/t16-/m1/s1. The Morgan fingerprint density at radius 3 is 2.52 bits per heavy atom. The molecule has 0 N–H and O–H groups in total. The summed E-state index contributed by atoms with van der Waals surface area (Å²) in [6.45, 7) is 2.08. The van der Waals surface area contributed by atoms with E-state index >= 15 is 0 Å². The van der Waals surface area contributed by atoms with E-state index in [0.29, 0.717) is 5.69 Å². The molecule has 5 rings (SSSR count). The van der Waals surface area contributed by atoms with E-state index in [1.165, 1.54) is 29.5 Å². The molecule has 2 heterocycles. The van der Waals surface area contributed by atoms with Crippen LogP contribution in [0, 0.1) is 5.82 Å². The smallest absolute Gasteiger partial charge is 0.237 e. The molecule has 0 radical (unpaired) electrons. The molecule has 1 atom stereocenters. The molecular weight excluding hydrogens is 409 g/mol. The second-order valence-corrected chi connectivity index (χ2v) is 8.60. The molecule has 1 aliphatic heterocycles. The van der Waals surface area contributed by atoms with E-state index in [2.05, 4.69) is 23.2 Å². The number of nitrogens with zero attached hydrogens (tertiary/aromatic N) is 3. The van der Waals surface area contributed by atoms with Crippen molar-refractivity contribution >= 4 is 34.1 Å². The van der Waals surface area contributed by atoms with E-state index in [0.717, 1.165) is 33.5 Å². The lowest BCUT2D eigenvalue weighted by molar-refractivity contribution is -0.116. The molecule has 3 aromatic carbocycles. The fourth-order valence-electron chi connectivity index (χ4n) is 4.15. The van der Waals surface area contributed by atoms with Gasteiger partial charge in [0.25, 0.3) is 0 Å². The average Bonchev–Trinajstić information content (AvgIpc) is 3.13. The van der Waals surface area contributed by atoms with Crippen LogP contribution in [0.2, 0.25) is 0 Å². The SMILES string of the molecule is C[C@@H]1Cc2ccccc2N1C(=O)CSc1nnc(-c2ccc(F)cc2)c2ccccc12. The van der Waals surface area contributed by atoms with Crippen LogP contribution in [-0.2, 0) is 11.2 Å². The predicted octanol–water partition coefficient (Wildman–Crippen LogP) is 5.51. The second-order valence-electron chi connectivity index (χ2n) is 7.64. The van der Waals surface area contributed by atoms with Gasteiger partial charge in [0.15, 0.2) is 0 Å². The van der Waals surface area contributed by atoms with E-state index < -0.39 is 0 Å². The fraction of sp³-hybridized carbons (Fsp3) is 0.160. The first-order valence-corrected chi connectivity index (χ1v) is 11.1. The summed E-state index contributed by atoms with van der Waals surface area (Å²) in [6, 6.07) is 22.3. The lowest BCUT2D eigenvalue weighted by atomic mass is 10.1. The molecule has 0 aliphatic carbocycles. The Balaban J connectivity index is 1.42. The largest absolute Gasteiger partial charge is 0.308 e. The van der Waals surface area contributed by atoms with Gasteiger partial charge in [-0.2, -0.15) is 0 Å². The number of benzene rings is 3. The van der Waals surface area contributed by atoms with Crippen molar-refractivity contribution in [3.63, 3.8) is 0 Å². The highest BCUT2D eigenvalue weighted by atomic mass is 32.2. The third-order valence-electron chi connectivity index (χ3n) is 5.58. The number of anilines is 1. The minimum Gasteiger partial charge on any atom is -0.308 e. The third-order valence-corrected chi connectivity index (χ3v) is 6.55. The normalized spacial score (nSPS) is 15.3. The third kappa shape index (κ3) is 3.68. The molecule has 1 aliphatic rings. The number of rotatable bonds is 4. The van der Waals surface area contributed by atoms with E-state index in [-0.39, 0.29) is 23.5 Å². The Kier molecular flexibility index (Phi) is 5.16. The van der Waals surface area contributed by atoms with Crippen molar-refractivity contribution in [2.75, 3.05) is 10.7 Å². The van der Waals surface area contributed by atoms with Crippen LogP contribution >= 0.6 is 11.8 Å². The van der Waals surface area contributed by atoms with Crippen molar-refractivity contribution in [2.24, 2.45) is 0 Å². The molecule has 0 bridgehead atoms. The van der Waals surface area contributed by atoms with Crippen molar-refractivity contribution in [2.45, 2.75) is 24.4 Å². The number of hydrogen-bond acceptors (Lipinski definition) is 4. The molecular formula is C25H20FN3OS. The molecule has 31 heavy (non-hydrogen) atoms. The van der Waals surface area contributed by atoms with Crippen LogP contribution in [0.25, 0.3) is 22.0 Å². The summed E-state index contributed by atoms with van der Waals surface area (Å²) in [5.74, 6) is 0.0631. The molecule has 0 spiro atoms. The quantitative estimate of drug-likeness (QED) is 0.402. The van der Waals surface area contributed by atoms with E-state index in [9.17, 15) is 9.18 Å². The van der Waals surface area contributed by atoms with Gasteiger partial charge in [0, 0.05) is 28.1 Å². The minimum atomic E-state index is -0.288. The zero-order valence-corrected chi connectivity index (χ0v) is 17.8. The van der Waals surface area contributed by atoms with E-state index in [1.807, 2.05) is 47.4 Å². The van der Waals surface area contributed by atoms with Crippen molar-refractivity contribution < 1.29 is 9.18 Å². The first-order chi connectivity index (χ1) is 15.1. The monoisotopic (exact) mass is 429 g/mol. The topological polar surface area (TPSA) is 46.1 Å². The summed E-state index contributed by atoms with van der Waals surface area (Å²) in [4.78, 5) is 15.0. The van der Waals surface area contributed by atoms with Crippen LogP contribution in [0.5, 0.6) is 0 Å². The van der Waals surface area contributed by atoms with Gasteiger partial charge in [-0.05, 0) is 49.2 Å². The zero-order valence-electron chi connectivity index (χ0n) is 17.0. The summed E-state index contributed by atoms with van der Waals surface area (Å²) in [5, 5.41) is 11.4. The number of para-hydroxylation sites is 1. The Morgan fingerprint density at radius 2 is 1.71 bits per heavy atom. The molecule has 0 unspecified atom stereocenters. The Morgan fingerprint density at radius 1 is 1.00 bits per heavy atom. The number of amides is 1. The number of hydrogen-bond donors (Lipinski definition) is 0. The van der Waals surface area contributed by atoms with Crippen LogP contribution < -0.4 is 4.90 Å². The lowest BCUT2D eigenvalue weighted by Crippen LogP contribution is -2.37. The molecule has 4 nitrogen and oxygen atoms in total. The highest BCUT2D eigenvalue weighted by molar-refractivity contribution is 8.00. The first-order valence-electron chi connectivity index (χ1n) is 10.2. The maximum atomic E-state index is 13.3. The Labute approximate surface area is 184 Å². The number of carbonyl (C=O) groups excluding carboxylic acids is 1. The van der Waals surface area contributed by atoms with Crippen LogP contribution in [0.4, 0.5) is 10.1 Å². The van der Waals surface area contributed by atoms with Gasteiger partial charge in [-0.25, -0.2) is 4.39 Å². The van der Waals surface area contributed by atoms with Crippen molar-refractivity contribution in [1.29, 1.82) is 0 Å². The molecule has 0 saturated carbocycles. The van der Waals surface area contributed by atoms with Gasteiger partial charge >= 0.3 is 0 Å². The highest BCUT2D eigenvalue weighted by Gasteiger charge is 2.30. The second kappa shape index (κ2) is 8.12. The maximum Gasteiger partial charge on any atom is 0.237 e. The van der Waals surface area contributed by atoms with E-state index in [1.54, 1.807) is 12.1 Å². The number of halogens is 1. The molecule has 1 amide bonds. The van der Waals surface area contributed by atoms with Crippen LogP contribution in [0.1, 0.15) is 12.5 Å². The molecule has 4 aromatic rings. The van der Waals surface area contributed by atoms with Crippen LogP contribution in [0.3, 0.4) is 0 Å². The van der Waals surface area contributed by atoms with Crippen molar-refractivity contribution in [1.82, 2.24) is 10.2 Å². The molecule has 6 heteroatoms. The summed E-state index contributed by atoms with van der Waals surface area (Å²) in [7, 11) is 0. The molecule has 154 valence electrons. The summed E-state index contributed by atoms with van der Waals surface area (Å²) in [5.41, 5.74) is 3.72. The van der Waals surface area contributed by atoms with Gasteiger partial charge in [0.05, 0.1) is 5.75 Å². The fourth-order valence-corrected chi connectivity index (χ4v) is 4.98. The van der Waals surface area contributed by atoms with Crippen LogP contribution in [0.15, 0.2) is 77.8 Å². The van der Waals surface area contributed by atoms with Crippen molar-refractivity contribution in [3.8, 4) is 11.3 Å². The lowest BCUT2D eigenvalue weighted by Gasteiger charge is -2.22. The van der Waals surface area contributed by atoms with Crippen LogP contribution in [-0.4, -0.2) is 27.9 Å². The van der Waals surface area contributed by atoms with Gasteiger partial charge in [-0.3, -0.25) is 4.79 Å². The van der Waals surface area contributed by atoms with Gasteiger partial charge in [-0.15, -0.1) is 10.2 Å². The van der Waals surface area contributed by atoms with Gasteiger partial charge in [-0.1, -0.05) is 54.2 Å². The summed E-state index contributed by atoms with van der Waals surface area (Å²) in [6.07, 6.45) is 0.877.